The molecule has 2 aliphatic rings. The molecule has 0 saturated carbocycles. The van der Waals surface area contributed by atoms with Gasteiger partial charge in [0.1, 0.15) is 0 Å². The number of rotatable bonds is 5. The van der Waals surface area contributed by atoms with Crippen molar-refractivity contribution in [3.05, 3.63) is 57.9 Å². The summed E-state index contributed by atoms with van der Waals surface area (Å²) in [6, 6.07) is 10.5. The largest absolute Gasteiger partial charge is 0.369 e. The fraction of sp³-hybridized carbons (Fsp3) is 0.385. The summed E-state index contributed by atoms with van der Waals surface area (Å²) in [5, 5.41) is 6.94. The minimum Gasteiger partial charge on any atom is -0.369 e. The lowest BCUT2D eigenvalue weighted by Gasteiger charge is -2.38. The Hall–Kier alpha value is -3.77. The van der Waals surface area contributed by atoms with Crippen LogP contribution >= 0.6 is 0 Å². The van der Waals surface area contributed by atoms with Gasteiger partial charge in [-0.05, 0) is 50.1 Å². The monoisotopic (exact) mass is 535 g/mol. The molecule has 0 aliphatic carbocycles. The Balaban J connectivity index is 1.31. The summed E-state index contributed by atoms with van der Waals surface area (Å²) in [6.07, 6.45) is 1.09. The molecule has 12 heteroatoms. The number of hydrogen-bond donors (Lipinski definition) is 1. The number of aromatic nitrogens is 4. The predicted molar refractivity (Wildman–Crippen MR) is 142 cm³/mol. The van der Waals surface area contributed by atoms with E-state index in [4.69, 9.17) is 0 Å². The Morgan fingerprint density at radius 1 is 1.00 bits per heavy atom. The molecule has 0 radical (unpaired) electrons. The first-order valence-electron chi connectivity index (χ1n) is 12.7. The van der Waals surface area contributed by atoms with Crippen LogP contribution in [-0.4, -0.2) is 89.7 Å². The number of aryl methyl sites for hydroxylation is 2. The topological polar surface area (TPSA) is 124 Å². The van der Waals surface area contributed by atoms with Crippen molar-refractivity contribution in [3.8, 4) is 0 Å². The summed E-state index contributed by atoms with van der Waals surface area (Å²) in [5.74, 6) is 0.190. The second-order valence-electron chi connectivity index (χ2n) is 10.1. The Kier molecular flexibility index (Phi) is 5.95. The average molecular weight is 536 g/mol. The summed E-state index contributed by atoms with van der Waals surface area (Å²) in [7, 11) is -4.02. The lowest BCUT2D eigenvalue weighted by atomic mass is 10.2. The molecule has 2 aromatic carbocycles. The van der Waals surface area contributed by atoms with Crippen molar-refractivity contribution in [1.29, 1.82) is 0 Å². The van der Waals surface area contributed by atoms with Crippen molar-refractivity contribution in [3.63, 3.8) is 0 Å². The molecular weight excluding hydrogens is 506 g/mol. The van der Waals surface area contributed by atoms with E-state index >= 15 is 0 Å². The number of fused-ring (bicyclic) bond motifs is 3. The van der Waals surface area contributed by atoms with Gasteiger partial charge in [0.25, 0.3) is 5.56 Å². The molecule has 0 spiro atoms. The number of nitrogens with zero attached hydrogens (tertiary/aromatic N) is 6. The van der Waals surface area contributed by atoms with E-state index in [0.29, 0.717) is 23.0 Å². The first-order valence-corrected chi connectivity index (χ1v) is 14.2. The fourth-order valence-corrected chi connectivity index (χ4v) is 6.68. The Morgan fingerprint density at radius 3 is 2.45 bits per heavy atom. The highest BCUT2D eigenvalue weighted by Crippen LogP contribution is 2.27. The molecule has 0 unspecified atom stereocenters. The van der Waals surface area contributed by atoms with Gasteiger partial charge in [-0.1, -0.05) is 17.7 Å². The molecule has 2 aliphatic heterocycles. The Bertz CT molecular complexity index is 1730. The van der Waals surface area contributed by atoms with Crippen molar-refractivity contribution < 1.29 is 13.2 Å². The number of carbonyl (C=O) groups excluding carboxylic acids is 1. The van der Waals surface area contributed by atoms with Gasteiger partial charge in [-0.25, -0.2) is 18.1 Å². The maximum atomic E-state index is 13.5. The van der Waals surface area contributed by atoms with E-state index in [0.717, 1.165) is 56.9 Å². The maximum Gasteiger partial charge on any atom is 0.281 e. The van der Waals surface area contributed by atoms with E-state index in [2.05, 4.69) is 25.1 Å². The number of piperazine rings is 1. The number of H-pyrrole nitrogens is 1. The second kappa shape index (κ2) is 9.21. The maximum absolute atomic E-state index is 13.5. The van der Waals surface area contributed by atoms with Crippen LogP contribution in [0.2, 0.25) is 0 Å². The van der Waals surface area contributed by atoms with Gasteiger partial charge in [-0.3, -0.25) is 14.5 Å². The van der Waals surface area contributed by atoms with E-state index in [1.54, 1.807) is 31.2 Å². The van der Waals surface area contributed by atoms with E-state index in [-0.39, 0.29) is 21.5 Å². The number of carbonyl (C=O) groups is 1. The lowest BCUT2D eigenvalue weighted by molar-refractivity contribution is -0.135. The Morgan fingerprint density at radius 2 is 1.76 bits per heavy atom. The minimum absolute atomic E-state index is 0.0334. The van der Waals surface area contributed by atoms with Gasteiger partial charge in [-0.15, -0.1) is 5.10 Å². The van der Waals surface area contributed by atoms with Crippen molar-refractivity contribution >= 4 is 38.0 Å². The number of anilines is 1. The summed E-state index contributed by atoms with van der Waals surface area (Å²) >= 11 is 0. The van der Waals surface area contributed by atoms with Crippen LogP contribution in [0.15, 0.2) is 51.1 Å². The summed E-state index contributed by atoms with van der Waals surface area (Å²) in [4.78, 5) is 35.7. The Labute approximate surface area is 219 Å². The van der Waals surface area contributed by atoms with Crippen molar-refractivity contribution in [2.24, 2.45) is 0 Å². The molecular formula is C26H29N7O4S. The van der Waals surface area contributed by atoms with Crippen molar-refractivity contribution in [1.82, 2.24) is 29.6 Å². The molecule has 4 heterocycles. The van der Waals surface area contributed by atoms with Crippen LogP contribution in [0.3, 0.4) is 0 Å². The molecule has 38 heavy (non-hydrogen) atoms. The predicted octanol–water partition coefficient (Wildman–Crippen LogP) is 1.37. The quantitative estimate of drug-likeness (QED) is 0.407. The number of benzene rings is 2. The van der Waals surface area contributed by atoms with E-state index in [1.165, 1.54) is 4.52 Å². The standard InChI is InChI=1S/C26H29N7O4S/c1-17-4-7-22(18(2)14-17)38(36,37)26-24-27-25(35)20-6-5-19(15-21(20)33(24)29-28-26)31-12-10-30(11-13-31)16-23(34)32-8-3-9-32/h4-7,14-15,29H,3,8-13,16H2,1-2H3. The average Bonchev–Trinajstić information content (AvgIpc) is 3.28. The second-order valence-corrected chi connectivity index (χ2v) is 11.9. The molecule has 2 aromatic heterocycles. The van der Waals surface area contributed by atoms with Gasteiger partial charge >= 0.3 is 0 Å². The first kappa shape index (κ1) is 24.6. The number of aromatic amines is 1. The van der Waals surface area contributed by atoms with Crippen LogP contribution in [-0.2, 0) is 14.6 Å². The number of amides is 1. The van der Waals surface area contributed by atoms with Crippen LogP contribution in [0.25, 0.3) is 16.6 Å². The fourth-order valence-electron chi connectivity index (χ4n) is 5.20. The van der Waals surface area contributed by atoms with Crippen LogP contribution in [0.1, 0.15) is 17.5 Å². The zero-order chi connectivity index (χ0) is 26.6. The lowest BCUT2D eigenvalue weighted by Crippen LogP contribution is -2.52. The van der Waals surface area contributed by atoms with Crippen LogP contribution in [0, 0.1) is 13.8 Å². The zero-order valence-corrected chi connectivity index (χ0v) is 22.2. The highest BCUT2D eigenvalue weighted by molar-refractivity contribution is 7.91. The highest BCUT2D eigenvalue weighted by Gasteiger charge is 2.28. The number of likely N-dealkylation sites (tertiary alicyclic amines) is 1. The SMILES string of the molecule is Cc1ccc(S(=O)(=O)c2n[nH]n3c2nc(=O)c2ccc(N4CCN(CC(=O)N5CCC5)CC4)cc23)c(C)c1. The van der Waals surface area contributed by atoms with Crippen LogP contribution in [0.5, 0.6) is 0 Å². The van der Waals surface area contributed by atoms with Gasteiger partial charge in [0.15, 0.2) is 5.65 Å². The molecule has 1 N–H and O–H groups in total. The zero-order valence-electron chi connectivity index (χ0n) is 21.3. The van der Waals surface area contributed by atoms with Crippen molar-refractivity contribution in [2.45, 2.75) is 30.2 Å². The molecule has 2 saturated heterocycles. The molecule has 11 nitrogen and oxygen atoms in total. The molecule has 2 fully saturated rings. The van der Waals surface area contributed by atoms with E-state index < -0.39 is 15.4 Å². The molecule has 4 aromatic rings. The van der Waals surface area contributed by atoms with Gasteiger partial charge in [0.2, 0.25) is 20.8 Å². The molecule has 0 bridgehead atoms. The van der Waals surface area contributed by atoms with E-state index in [9.17, 15) is 18.0 Å². The summed E-state index contributed by atoms with van der Waals surface area (Å²) in [5.41, 5.74) is 2.40. The van der Waals surface area contributed by atoms with Crippen LogP contribution < -0.4 is 10.5 Å². The molecule has 1 amide bonds. The first-order chi connectivity index (χ1) is 18.2. The van der Waals surface area contributed by atoms with Gasteiger partial charge in [0.05, 0.1) is 22.3 Å². The third-order valence-electron chi connectivity index (χ3n) is 7.49. The molecule has 198 valence electrons. The summed E-state index contributed by atoms with van der Waals surface area (Å²) in [6.45, 7) is 8.77. The van der Waals surface area contributed by atoms with Crippen molar-refractivity contribution in [2.75, 3.05) is 50.7 Å². The van der Waals surface area contributed by atoms with Crippen LogP contribution in [0.4, 0.5) is 5.69 Å². The minimum atomic E-state index is -4.02. The summed E-state index contributed by atoms with van der Waals surface area (Å²) < 4.78 is 28.5. The highest BCUT2D eigenvalue weighted by atomic mass is 32.2. The smallest absolute Gasteiger partial charge is 0.281 e. The third kappa shape index (κ3) is 4.13. The number of hydrogen-bond acceptors (Lipinski definition) is 8. The normalized spacial score (nSPS) is 16.8. The van der Waals surface area contributed by atoms with E-state index in [1.807, 2.05) is 24.0 Å². The molecule has 0 atom stereocenters. The third-order valence-corrected chi connectivity index (χ3v) is 9.31. The van der Waals surface area contributed by atoms with Gasteiger partial charge < -0.3 is 9.80 Å². The van der Waals surface area contributed by atoms with Gasteiger partial charge in [0, 0.05) is 45.0 Å². The molecule has 6 rings (SSSR count). The number of sulfone groups is 1. The van der Waals surface area contributed by atoms with Gasteiger partial charge in [-0.2, -0.15) is 4.98 Å². The number of nitrogens with one attached hydrogen (secondary N) is 1.